The number of nitrogens with two attached hydrogens (primary N) is 1. The first kappa shape index (κ1) is 21.5. The number of pyridine rings is 1. The third-order valence-corrected chi connectivity index (χ3v) is 5.73. The molecule has 1 aliphatic carbocycles. The van der Waals surface area contributed by atoms with Gasteiger partial charge in [-0.15, -0.1) is 0 Å². The molecule has 0 radical (unpaired) electrons. The second-order valence-corrected chi connectivity index (χ2v) is 7.90. The fourth-order valence-corrected chi connectivity index (χ4v) is 4.22. The van der Waals surface area contributed by atoms with Crippen molar-refractivity contribution in [2.24, 2.45) is 5.73 Å². The summed E-state index contributed by atoms with van der Waals surface area (Å²) < 4.78 is 0. The molecule has 5 nitrogen and oxygen atoms in total. The highest BCUT2D eigenvalue weighted by Gasteiger charge is 2.26. The summed E-state index contributed by atoms with van der Waals surface area (Å²) >= 11 is 0. The van der Waals surface area contributed by atoms with Gasteiger partial charge in [0.1, 0.15) is 5.82 Å². The van der Waals surface area contributed by atoms with E-state index >= 15 is 0 Å². The van der Waals surface area contributed by atoms with Crippen LogP contribution in [0.4, 0.5) is 0 Å². The predicted octanol–water partition coefficient (Wildman–Crippen LogP) is 4.41. The van der Waals surface area contributed by atoms with Gasteiger partial charge in [0.15, 0.2) is 0 Å². The normalized spacial score (nSPS) is 16.9. The van der Waals surface area contributed by atoms with Gasteiger partial charge in [-0.3, -0.25) is 9.88 Å². The molecule has 3 N–H and O–H groups in total. The van der Waals surface area contributed by atoms with Gasteiger partial charge in [0.25, 0.3) is 0 Å². The summed E-state index contributed by atoms with van der Waals surface area (Å²) in [5, 5.41) is 0. The van der Waals surface area contributed by atoms with E-state index in [9.17, 15) is 0 Å². The Morgan fingerprint density at radius 1 is 1.34 bits per heavy atom. The molecule has 0 saturated carbocycles. The average molecular weight is 394 g/mol. The maximum Gasteiger partial charge on any atom is 0.120 e. The number of allylic oxidation sites excluding steroid dienone is 3. The number of aromatic amines is 1. The zero-order valence-corrected chi connectivity index (χ0v) is 17.7. The lowest BCUT2D eigenvalue weighted by molar-refractivity contribution is 0.167. The maximum absolute atomic E-state index is 5.77. The Balaban J connectivity index is 1.81. The molecule has 5 heteroatoms. The largest absolute Gasteiger partial charge is 0.345 e. The summed E-state index contributed by atoms with van der Waals surface area (Å²) in [6.07, 6.45) is 15.6. The number of hydrogen-bond donors (Lipinski definition) is 2. The summed E-state index contributed by atoms with van der Waals surface area (Å²) in [5.41, 5.74) is 10.7. The Bertz CT molecular complexity index is 807. The number of nitrogens with zero attached hydrogens (tertiary/aromatic N) is 3. The second-order valence-electron chi connectivity index (χ2n) is 7.90. The SMILES string of the molecule is C=C/C=C\Cc1nc(CN(CCCCN)C2CCCCc3cccnc32)[nH]c1C. The Morgan fingerprint density at radius 2 is 2.24 bits per heavy atom. The van der Waals surface area contributed by atoms with Gasteiger partial charge in [-0.2, -0.15) is 0 Å². The number of aromatic nitrogens is 3. The summed E-state index contributed by atoms with van der Waals surface area (Å²) in [6, 6.07) is 4.67. The summed E-state index contributed by atoms with van der Waals surface area (Å²) in [6.45, 7) is 8.42. The summed E-state index contributed by atoms with van der Waals surface area (Å²) in [5.74, 6) is 1.04. The number of rotatable bonds is 10. The van der Waals surface area contributed by atoms with E-state index in [2.05, 4.69) is 41.6 Å². The van der Waals surface area contributed by atoms with Crippen molar-refractivity contribution < 1.29 is 0 Å². The fourth-order valence-electron chi connectivity index (χ4n) is 4.22. The highest BCUT2D eigenvalue weighted by atomic mass is 15.2. The molecule has 0 aliphatic heterocycles. The van der Waals surface area contributed by atoms with Crippen LogP contribution in [-0.4, -0.2) is 32.9 Å². The lowest BCUT2D eigenvalue weighted by Gasteiger charge is -2.31. The van der Waals surface area contributed by atoms with Crippen LogP contribution in [0.3, 0.4) is 0 Å². The fraction of sp³-hybridized carbons (Fsp3) is 0.500. The van der Waals surface area contributed by atoms with Gasteiger partial charge in [0, 0.05) is 18.3 Å². The van der Waals surface area contributed by atoms with Crippen molar-refractivity contribution >= 4 is 0 Å². The highest BCUT2D eigenvalue weighted by Crippen LogP contribution is 2.33. The first-order chi connectivity index (χ1) is 14.2. The maximum atomic E-state index is 5.77. The second kappa shape index (κ2) is 11.1. The van der Waals surface area contributed by atoms with Crippen LogP contribution in [0.5, 0.6) is 0 Å². The van der Waals surface area contributed by atoms with Crippen LogP contribution in [0.15, 0.2) is 43.1 Å². The zero-order chi connectivity index (χ0) is 20.5. The first-order valence-electron chi connectivity index (χ1n) is 10.9. The first-order valence-corrected chi connectivity index (χ1v) is 10.9. The Morgan fingerprint density at radius 3 is 3.07 bits per heavy atom. The lowest BCUT2D eigenvalue weighted by Crippen LogP contribution is -2.31. The average Bonchev–Trinajstić information content (AvgIpc) is 2.94. The molecule has 2 heterocycles. The van der Waals surface area contributed by atoms with Crippen LogP contribution in [0.1, 0.15) is 66.6 Å². The predicted molar refractivity (Wildman–Crippen MR) is 120 cm³/mol. The van der Waals surface area contributed by atoms with Gasteiger partial charge in [0.2, 0.25) is 0 Å². The van der Waals surface area contributed by atoms with Crippen molar-refractivity contribution in [3.05, 3.63) is 71.6 Å². The molecule has 0 amide bonds. The van der Waals surface area contributed by atoms with Crippen molar-refractivity contribution in [3.63, 3.8) is 0 Å². The van der Waals surface area contributed by atoms with E-state index in [4.69, 9.17) is 15.7 Å². The molecule has 2 aromatic rings. The Hall–Kier alpha value is -2.24. The van der Waals surface area contributed by atoms with Crippen molar-refractivity contribution in [1.29, 1.82) is 0 Å². The molecule has 0 bridgehead atoms. The van der Waals surface area contributed by atoms with Crippen LogP contribution in [0, 0.1) is 6.92 Å². The van der Waals surface area contributed by atoms with Crippen LogP contribution >= 0.6 is 0 Å². The van der Waals surface area contributed by atoms with Crippen LogP contribution in [-0.2, 0) is 19.4 Å². The number of unbranched alkanes of at least 4 members (excludes halogenated alkanes) is 1. The van der Waals surface area contributed by atoms with Crippen LogP contribution < -0.4 is 5.73 Å². The third-order valence-electron chi connectivity index (χ3n) is 5.73. The molecule has 0 saturated heterocycles. The standard InChI is InChI=1S/C24H35N5/c1-3-4-5-13-21-19(2)27-23(28-21)18-29(17-9-8-15-25)22-14-7-6-11-20-12-10-16-26-24(20)22/h3-5,10,12,16,22H,1,6-9,11,13-15,17-18,25H2,2H3,(H,27,28)/b5-4-. The molecule has 29 heavy (non-hydrogen) atoms. The van der Waals surface area contributed by atoms with E-state index in [-0.39, 0.29) is 0 Å². The lowest BCUT2D eigenvalue weighted by atomic mass is 10.0. The minimum absolute atomic E-state index is 0.348. The van der Waals surface area contributed by atoms with Crippen molar-refractivity contribution in [2.45, 2.75) is 64.5 Å². The molecule has 0 fully saturated rings. The van der Waals surface area contributed by atoms with Gasteiger partial charge in [0.05, 0.1) is 24.0 Å². The molecule has 156 valence electrons. The quantitative estimate of drug-likeness (QED) is 0.356. The van der Waals surface area contributed by atoms with E-state index in [1.165, 1.54) is 24.1 Å². The Kier molecular flexibility index (Phi) is 8.20. The van der Waals surface area contributed by atoms with Gasteiger partial charge in [-0.05, 0) is 63.7 Å². The summed E-state index contributed by atoms with van der Waals surface area (Å²) in [4.78, 5) is 15.8. The van der Waals surface area contributed by atoms with E-state index in [0.29, 0.717) is 6.04 Å². The van der Waals surface area contributed by atoms with E-state index in [1.54, 1.807) is 6.08 Å². The highest BCUT2D eigenvalue weighted by molar-refractivity contribution is 5.25. The molecule has 0 aromatic carbocycles. The molecule has 0 spiro atoms. The number of fused-ring (bicyclic) bond motifs is 1. The van der Waals surface area contributed by atoms with Gasteiger partial charge < -0.3 is 10.7 Å². The van der Waals surface area contributed by atoms with Crippen molar-refractivity contribution in [1.82, 2.24) is 19.9 Å². The molecule has 1 atom stereocenters. The minimum atomic E-state index is 0.348. The number of aryl methyl sites for hydroxylation is 2. The topological polar surface area (TPSA) is 70.8 Å². The van der Waals surface area contributed by atoms with Crippen LogP contribution in [0.2, 0.25) is 0 Å². The smallest absolute Gasteiger partial charge is 0.120 e. The third kappa shape index (κ3) is 5.87. The minimum Gasteiger partial charge on any atom is -0.345 e. The molecular formula is C24H35N5. The van der Waals surface area contributed by atoms with E-state index in [0.717, 1.165) is 69.0 Å². The van der Waals surface area contributed by atoms with Crippen molar-refractivity contribution in [3.8, 4) is 0 Å². The van der Waals surface area contributed by atoms with E-state index < -0.39 is 0 Å². The molecular weight excluding hydrogens is 358 g/mol. The van der Waals surface area contributed by atoms with Crippen LogP contribution in [0.25, 0.3) is 0 Å². The van der Waals surface area contributed by atoms with E-state index in [1.807, 2.05) is 12.3 Å². The van der Waals surface area contributed by atoms with Gasteiger partial charge in [-0.25, -0.2) is 4.98 Å². The zero-order valence-electron chi connectivity index (χ0n) is 17.7. The monoisotopic (exact) mass is 393 g/mol. The number of hydrogen-bond acceptors (Lipinski definition) is 4. The summed E-state index contributed by atoms with van der Waals surface area (Å²) in [7, 11) is 0. The number of imidazole rings is 1. The van der Waals surface area contributed by atoms with Gasteiger partial charge >= 0.3 is 0 Å². The molecule has 1 unspecified atom stereocenters. The van der Waals surface area contributed by atoms with Crippen molar-refractivity contribution in [2.75, 3.05) is 13.1 Å². The molecule has 1 aliphatic rings. The Labute approximate surface area is 175 Å². The van der Waals surface area contributed by atoms with Gasteiger partial charge in [-0.1, -0.05) is 37.3 Å². The molecule has 3 rings (SSSR count). The molecule has 2 aromatic heterocycles. The number of H-pyrrole nitrogens is 1. The number of nitrogens with one attached hydrogen (secondary N) is 1.